The van der Waals surface area contributed by atoms with E-state index in [4.69, 9.17) is 40.5 Å². The predicted octanol–water partition coefficient (Wildman–Crippen LogP) is 3.26. The van der Waals surface area contributed by atoms with Crippen LogP contribution in [0, 0.1) is 0 Å². The molecule has 0 radical (unpaired) electrons. The number of nitrogens with one attached hydrogen (secondary N) is 1. The van der Waals surface area contributed by atoms with Crippen molar-refractivity contribution in [2.45, 2.75) is 6.42 Å². The van der Waals surface area contributed by atoms with Gasteiger partial charge in [0, 0.05) is 5.02 Å². The number of halogens is 3. The van der Waals surface area contributed by atoms with Crippen molar-refractivity contribution in [2.24, 2.45) is 5.73 Å². The molecule has 0 bridgehead atoms. The predicted molar refractivity (Wildman–Crippen MR) is 71.5 cm³/mol. The van der Waals surface area contributed by atoms with E-state index in [1.165, 1.54) is 12.1 Å². The number of carbonyl (C=O) groups excluding carboxylic acids is 1. The topological polar surface area (TPSA) is 55.1 Å². The molecule has 3 nitrogen and oxygen atoms in total. The third-order valence-electron chi connectivity index (χ3n) is 1.61. The minimum Gasteiger partial charge on any atom is -0.393 e. The van der Waals surface area contributed by atoms with Crippen LogP contribution in [-0.4, -0.2) is 10.9 Å². The largest absolute Gasteiger partial charge is 0.393 e. The van der Waals surface area contributed by atoms with Gasteiger partial charge in [-0.2, -0.15) is 0 Å². The van der Waals surface area contributed by atoms with Crippen molar-refractivity contribution in [3.63, 3.8) is 0 Å². The van der Waals surface area contributed by atoms with Gasteiger partial charge in [-0.1, -0.05) is 47.0 Å². The van der Waals surface area contributed by atoms with E-state index < -0.39 is 0 Å². The molecule has 0 heterocycles. The molecule has 0 fully saturated rings. The lowest BCUT2D eigenvalue weighted by atomic mass is 10.3. The summed E-state index contributed by atoms with van der Waals surface area (Å²) in [7, 11) is 0. The van der Waals surface area contributed by atoms with E-state index in [1.807, 2.05) is 0 Å². The fraction of sp³-hybridized carbons (Fsp3) is 0.111. The van der Waals surface area contributed by atoms with E-state index in [0.717, 1.165) is 0 Å². The first-order valence-electron chi connectivity index (χ1n) is 4.13. The monoisotopic (exact) mass is 296 g/mol. The lowest BCUT2D eigenvalue weighted by Crippen LogP contribution is -2.20. The highest BCUT2D eigenvalue weighted by Crippen LogP contribution is 2.33. The highest BCUT2D eigenvalue weighted by atomic mass is 35.5. The van der Waals surface area contributed by atoms with Crippen LogP contribution in [0.25, 0.3) is 0 Å². The maximum atomic E-state index is 11.4. The lowest BCUT2D eigenvalue weighted by molar-refractivity contribution is -0.115. The fourth-order valence-corrected chi connectivity index (χ4v) is 2.05. The van der Waals surface area contributed by atoms with Gasteiger partial charge < -0.3 is 11.1 Å². The summed E-state index contributed by atoms with van der Waals surface area (Å²) in [6.45, 7) is 0. The molecule has 0 spiro atoms. The molecule has 1 rings (SSSR count). The zero-order chi connectivity index (χ0) is 12.3. The number of anilines is 1. The van der Waals surface area contributed by atoms with Crippen molar-refractivity contribution in [3.8, 4) is 0 Å². The fourth-order valence-electron chi connectivity index (χ4n) is 1.00. The van der Waals surface area contributed by atoms with Crippen LogP contribution in [0.5, 0.6) is 0 Å². The van der Waals surface area contributed by atoms with Crippen LogP contribution in [0.3, 0.4) is 0 Å². The van der Waals surface area contributed by atoms with E-state index in [1.54, 1.807) is 0 Å². The lowest BCUT2D eigenvalue weighted by Gasteiger charge is -2.09. The SMILES string of the molecule is NC(=S)CC(=O)Nc1c(Cl)cc(Cl)cc1Cl. The number of thiocarbonyl (C=S) groups is 1. The van der Waals surface area contributed by atoms with Crippen LogP contribution in [0.4, 0.5) is 5.69 Å². The number of hydrogen-bond donors (Lipinski definition) is 2. The van der Waals surface area contributed by atoms with Crippen molar-refractivity contribution >= 4 is 63.6 Å². The van der Waals surface area contributed by atoms with Crippen molar-refractivity contribution in [2.75, 3.05) is 5.32 Å². The third-order valence-corrected chi connectivity index (χ3v) is 2.56. The average molecular weight is 298 g/mol. The van der Waals surface area contributed by atoms with E-state index in [0.29, 0.717) is 10.7 Å². The van der Waals surface area contributed by atoms with Crippen molar-refractivity contribution < 1.29 is 4.79 Å². The molecular weight excluding hydrogens is 291 g/mol. The number of hydrogen-bond acceptors (Lipinski definition) is 2. The molecule has 0 aromatic heterocycles. The molecule has 86 valence electrons. The summed E-state index contributed by atoms with van der Waals surface area (Å²) in [6.07, 6.45) is -0.0649. The average Bonchev–Trinajstić information content (AvgIpc) is 2.09. The van der Waals surface area contributed by atoms with E-state index in [2.05, 4.69) is 17.5 Å². The molecular formula is C9H7Cl3N2OS. The number of benzene rings is 1. The van der Waals surface area contributed by atoms with Gasteiger partial charge in [-0.05, 0) is 12.1 Å². The first-order chi connectivity index (χ1) is 7.40. The second kappa shape index (κ2) is 5.68. The molecule has 0 saturated heterocycles. The summed E-state index contributed by atoms with van der Waals surface area (Å²) in [5, 5.41) is 3.42. The first-order valence-corrected chi connectivity index (χ1v) is 5.67. The van der Waals surface area contributed by atoms with E-state index in [9.17, 15) is 4.79 Å². The van der Waals surface area contributed by atoms with E-state index >= 15 is 0 Å². The smallest absolute Gasteiger partial charge is 0.231 e. The Morgan fingerprint density at radius 1 is 1.31 bits per heavy atom. The van der Waals surface area contributed by atoms with Crippen molar-refractivity contribution in [3.05, 3.63) is 27.2 Å². The summed E-state index contributed by atoms with van der Waals surface area (Å²) in [6, 6.07) is 2.96. The molecule has 3 N–H and O–H groups in total. The minimum absolute atomic E-state index is 0.0649. The molecule has 1 aromatic rings. The Morgan fingerprint density at radius 3 is 2.25 bits per heavy atom. The minimum atomic E-state index is -0.376. The molecule has 0 unspecified atom stereocenters. The Hall–Kier alpha value is -0.550. The molecule has 0 aliphatic carbocycles. The number of amides is 1. The van der Waals surface area contributed by atoms with Crippen LogP contribution in [0.15, 0.2) is 12.1 Å². The van der Waals surface area contributed by atoms with Crippen molar-refractivity contribution in [1.29, 1.82) is 0 Å². The zero-order valence-corrected chi connectivity index (χ0v) is 11.0. The zero-order valence-electron chi connectivity index (χ0n) is 7.89. The van der Waals surface area contributed by atoms with Gasteiger partial charge in [0.05, 0.1) is 27.1 Å². The molecule has 0 saturated carbocycles. The Kier molecular flexibility index (Phi) is 4.80. The van der Waals surface area contributed by atoms with Gasteiger partial charge in [-0.25, -0.2) is 0 Å². The van der Waals surface area contributed by atoms with Crippen LogP contribution < -0.4 is 11.1 Å². The normalized spacial score (nSPS) is 9.94. The molecule has 0 atom stereocenters. The standard InChI is InChI=1S/C9H7Cl3N2OS/c10-4-1-5(11)9(6(12)2-4)14-8(15)3-7(13)16/h1-2H,3H2,(H2,13,16)(H,14,15). The Labute approximate surface area is 113 Å². The summed E-state index contributed by atoms with van der Waals surface area (Å²) < 4.78 is 0. The van der Waals surface area contributed by atoms with Crippen LogP contribution >= 0.6 is 47.0 Å². The summed E-state index contributed by atoms with van der Waals surface area (Å²) in [5.74, 6) is -0.376. The van der Waals surface area contributed by atoms with Gasteiger partial charge in [0.1, 0.15) is 0 Å². The molecule has 7 heteroatoms. The summed E-state index contributed by atoms with van der Waals surface area (Å²) in [4.78, 5) is 11.5. The van der Waals surface area contributed by atoms with E-state index in [-0.39, 0.29) is 27.4 Å². The van der Waals surface area contributed by atoms with Crippen LogP contribution in [-0.2, 0) is 4.79 Å². The molecule has 0 aliphatic heterocycles. The Morgan fingerprint density at radius 2 is 1.81 bits per heavy atom. The number of carbonyl (C=O) groups is 1. The van der Waals surface area contributed by atoms with Crippen LogP contribution in [0.1, 0.15) is 6.42 Å². The quantitative estimate of drug-likeness (QED) is 0.842. The maximum absolute atomic E-state index is 11.4. The van der Waals surface area contributed by atoms with Gasteiger partial charge in [-0.15, -0.1) is 0 Å². The number of nitrogens with two attached hydrogens (primary N) is 1. The maximum Gasteiger partial charge on any atom is 0.231 e. The van der Waals surface area contributed by atoms with Gasteiger partial charge in [0.2, 0.25) is 5.91 Å². The van der Waals surface area contributed by atoms with Crippen molar-refractivity contribution in [1.82, 2.24) is 0 Å². The Balaban J connectivity index is 2.89. The number of rotatable bonds is 3. The molecule has 1 aromatic carbocycles. The summed E-state index contributed by atoms with van der Waals surface area (Å²) >= 11 is 22.1. The second-order valence-corrected chi connectivity index (χ2v) is 4.71. The molecule has 1 amide bonds. The highest BCUT2D eigenvalue weighted by molar-refractivity contribution is 7.80. The molecule has 16 heavy (non-hydrogen) atoms. The second-order valence-electron chi connectivity index (χ2n) is 2.94. The van der Waals surface area contributed by atoms with Gasteiger partial charge in [-0.3, -0.25) is 4.79 Å². The van der Waals surface area contributed by atoms with Gasteiger partial charge in [0.25, 0.3) is 0 Å². The van der Waals surface area contributed by atoms with Gasteiger partial charge >= 0.3 is 0 Å². The Bertz CT molecular complexity index is 427. The molecule has 0 aliphatic rings. The highest BCUT2D eigenvalue weighted by Gasteiger charge is 2.11. The van der Waals surface area contributed by atoms with Crippen LogP contribution in [0.2, 0.25) is 15.1 Å². The van der Waals surface area contributed by atoms with Gasteiger partial charge in [0.15, 0.2) is 0 Å². The summed E-state index contributed by atoms with van der Waals surface area (Å²) in [5.41, 5.74) is 5.53. The first kappa shape index (κ1) is 13.5. The third kappa shape index (κ3) is 3.79.